The minimum Gasteiger partial charge on any atom is -0.462 e. The summed E-state index contributed by atoms with van der Waals surface area (Å²) < 4.78 is 33.4. The van der Waals surface area contributed by atoms with Crippen molar-refractivity contribution in [3.8, 4) is 0 Å². The highest BCUT2D eigenvalue weighted by atomic mass is 31.2. The number of aliphatic hydroxyl groups is 5. The topological polar surface area (TPSA) is 210 Å². The number of hydrogen-bond acceptors (Lipinski definition) is 12. The van der Waals surface area contributed by atoms with Crippen LogP contribution in [0.2, 0.25) is 0 Å². The first-order chi connectivity index (χ1) is 29.4. The number of unbranched alkanes of at least 4 members (excludes halogenated alkanes) is 12. The second-order valence-corrected chi connectivity index (χ2v) is 16.9. The number of aliphatic hydroxyl groups excluding tert-OH is 5. The van der Waals surface area contributed by atoms with Crippen molar-refractivity contribution in [2.45, 2.75) is 198 Å². The number of phosphoric ester groups is 1. The molecule has 350 valence electrons. The lowest BCUT2D eigenvalue weighted by Gasteiger charge is -2.41. The van der Waals surface area contributed by atoms with Crippen molar-refractivity contribution in [2.24, 2.45) is 0 Å². The fraction of sp³-hybridized carbons (Fsp3) is 0.702. The van der Waals surface area contributed by atoms with E-state index >= 15 is 0 Å². The summed E-state index contributed by atoms with van der Waals surface area (Å²) >= 11 is 0. The van der Waals surface area contributed by atoms with Gasteiger partial charge in [-0.25, -0.2) is 4.57 Å². The van der Waals surface area contributed by atoms with Crippen LogP contribution in [0.1, 0.15) is 155 Å². The van der Waals surface area contributed by atoms with Crippen LogP contribution < -0.4 is 0 Å². The van der Waals surface area contributed by atoms with E-state index in [0.29, 0.717) is 19.3 Å². The Morgan fingerprint density at radius 1 is 0.525 bits per heavy atom. The monoisotopic (exact) mass is 883 g/mol. The van der Waals surface area contributed by atoms with Crippen molar-refractivity contribution in [3.05, 3.63) is 72.9 Å². The number of hydrogen-bond donors (Lipinski definition) is 6. The molecule has 8 atom stereocenters. The molecule has 0 aliphatic heterocycles. The Labute approximate surface area is 365 Å². The fourth-order valence-corrected chi connectivity index (χ4v) is 7.37. The molecule has 0 radical (unpaired) electrons. The molecule has 0 saturated heterocycles. The second-order valence-electron chi connectivity index (χ2n) is 15.5. The van der Waals surface area contributed by atoms with Crippen LogP contribution in [0, 0.1) is 0 Å². The number of phosphoric acid groups is 1. The van der Waals surface area contributed by atoms with Crippen LogP contribution in [-0.2, 0) is 32.7 Å². The van der Waals surface area contributed by atoms with E-state index in [-0.39, 0.29) is 12.8 Å². The number of ether oxygens (including phenoxy) is 2. The summed E-state index contributed by atoms with van der Waals surface area (Å²) in [6.07, 6.45) is 32.6. The Hall–Kier alpha value is -2.71. The molecule has 1 aliphatic rings. The van der Waals surface area contributed by atoms with E-state index in [9.17, 15) is 44.6 Å². The van der Waals surface area contributed by atoms with Gasteiger partial charge in [0.05, 0.1) is 6.61 Å². The van der Waals surface area contributed by atoms with Crippen molar-refractivity contribution in [3.63, 3.8) is 0 Å². The summed E-state index contributed by atoms with van der Waals surface area (Å²) in [5, 5.41) is 50.1. The summed E-state index contributed by atoms with van der Waals surface area (Å²) in [5.74, 6) is -1.23. The van der Waals surface area contributed by atoms with Gasteiger partial charge in [0.25, 0.3) is 0 Å². The molecule has 6 unspecified atom stereocenters. The average Bonchev–Trinajstić information content (AvgIpc) is 3.24. The highest BCUT2D eigenvalue weighted by molar-refractivity contribution is 7.47. The first-order valence-electron chi connectivity index (χ1n) is 22.7. The maximum absolute atomic E-state index is 12.8. The van der Waals surface area contributed by atoms with Gasteiger partial charge in [0.2, 0.25) is 0 Å². The van der Waals surface area contributed by atoms with E-state index in [1.807, 2.05) is 18.2 Å². The maximum Gasteiger partial charge on any atom is 0.472 e. The van der Waals surface area contributed by atoms with E-state index in [0.717, 1.165) is 44.9 Å². The lowest BCUT2D eigenvalue weighted by Crippen LogP contribution is -2.64. The molecule has 61 heavy (non-hydrogen) atoms. The number of allylic oxidation sites excluding steroid dienone is 12. The molecule has 1 rings (SSSR count). The predicted octanol–water partition coefficient (Wildman–Crippen LogP) is 8.72. The van der Waals surface area contributed by atoms with Crippen molar-refractivity contribution < 1.29 is 63.1 Å². The Bertz CT molecular complexity index is 1340. The SMILES string of the molecule is CC/C=C/C/C=C/C/C=C/C/C=C/C/C=C/CCCC(=O)O[C@H](COC(=O)CC/C=C/CCCCCCCCCCCCC)COP(=O)(O)OC1C(O)C(O)C(O)[C@H](O)C1O. The van der Waals surface area contributed by atoms with Crippen LogP contribution >= 0.6 is 7.82 Å². The van der Waals surface area contributed by atoms with Gasteiger partial charge in [0.15, 0.2) is 6.10 Å². The Kier molecular flexibility index (Phi) is 33.9. The van der Waals surface area contributed by atoms with Crippen LogP contribution in [0.4, 0.5) is 0 Å². The normalized spacial score (nSPS) is 22.7. The number of esters is 2. The molecule has 14 heteroatoms. The standard InChI is InChI=1S/C47H79O13P/c1-3-5-7-9-11-13-15-17-19-20-22-24-26-28-30-32-34-36-41(49)59-39(38-58-61(55,56)60-47-45(53)43(51)42(50)44(52)46(47)54)37-57-40(48)35-33-31-29-27-25-23-21-18-16-14-12-10-8-6-4-2/h5,7,11,13,17,19,22,24,28-31,39,42-47,50-54H,3-4,6,8-10,12,14-16,18,20-21,23,25-27,32-38H2,1-2H3,(H,55,56)/b7-5+,13-11+,19-17+,24-22+,30-28+,31-29+/t39-,42?,43+,44?,45?,46?,47?/m1/s1. The zero-order valence-electron chi connectivity index (χ0n) is 36.9. The van der Waals surface area contributed by atoms with Gasteiger partial charge in [-0.05, 0) is 64.2 Å². The largest absolute Gasteiger partial charge is 0.472 e. The molecule has 0 spiro atoms. The third-order valence-corrected chi connectivity index (χ3v) is 11.0. The molecule has 0 amide bonds. The van der Waals surface area contributed by atoms with E-state index in [1.165, 1.54) is 64.2 Å². The third kappa shape index (κ3) is 29.3. The summed E-state index contributed by atoms with van der Waals surface area (Å²) in [6, 6.07) is 0. The number of rotatable bonds is 36. The van der Waals surface area contributed by atoms with Gasteiger partial charge in [-0.2, -0.15) is 0 Å². The van der Waals surface area contributed by atoms with Crippen molar-refractivity contribution in [1.29, 1.82) is 0 Å². The smallest absolute Gasteiger partial charge is 0.462 e. The Morgan fingerprint density at radius 2 is 0.967 bits per heavy atom. The van der Waals surface area contributed by atoms with Gasteiger partial charge in [-0.3, -0.25) is 18.6 Å². The second kappa shape index (κ2) is 36.7. The molecule has 1 aliphatic carbocycles. The van der Waals surface area contributed by atoms with E-state index < -0.39 is 75.7 Å². The molecule has 13 nitrogen and oxygen atoms in total. The quantitative estimate of drug-likeness (QED) is 0.0151. The van der Waals surface area contributed by atoms with Crippen LogP contribution in [0.3, 0.4) is 0 Å². The van der Waals surface area contributed by atoms with Crippen LogP contribution in [-0.4, -0.2) is 98.3 Å². The summed E-state index contributed by atoms with van der Waals surface area (Å²) in [6.45, 7) is 3.09. The van der Waals surface area contributed by atoms with Crippen LogP contribution in [0.15, 0.2) is 72.9 Å². The maximum atomic E-state index is 12.8. The van der Waals surface area contributed by atoms with Gasteiger partial charge in [0, 0.05) is 12.8 Å². The fourth-order valence-electron chi connectivity index (χ4n) is 6.40. The molecule has 0 aromatic carbocycles. The number of carbonyl (C=O) groups excluding carboxylic acids is 2. The lowest BCUT2D eigenvalue weighted by molar-refractivity contribution is -0.220. The van der Waals surface area contributed by atoms with E-state index in [1.54, 1.807) is 0 Å². The Morgan fingerprint density at radius 3 is 1.51 bits per heavy atom. The number of carbonyl (C=O) groups is 2. The summed E-state index contributed by atoms with van der Waals surface area (Å²) in [7, 11) is -5.14. The van der Waals surface area contributed by atoms with Gasteiger partial charge in [0.1, 0.15) is 43.2 Å². The minimum absolute atomic E-state index is 0.00846. The first kappa shape index (κ1) is 56.3. The predicted molar refractivity (Wildman–Crippen MR) is 239 cm³/mol. The molecular formula is C47H79O13P. The zero-order chi connectivity index (χ0) is 45.0. The van der Waals surface area contributed by atoms with Crippen molar-refractivity contribution in [1.82, 2.24) is 0 Å². The first-order valence-corrected chi connectivity index (χ1v) is 24.2. The van der Waals surface area contributed by atoms with E-state index in [4.69, 9.17) is 18.5 Å². The summed E-state index contributed by atoms with van der Waals surface area (Å²) in [4.78, 5) is 35.6. The van der Waals surface area contributed by atoms with Gasteiger partial charge >= 0.3 is 19.8 Å². The molecular weight excluding hydrogens is 803 g/mol. The van der Waals surface area contributed by atoms with Crippen LogP contribution in [0.25, 0.3) is 0 Å². The lowest BCUT2D eigenvalue weighted by atomic mass is 9.85. The van der Waals surface area contributed by atoms with Gasteiger partial charge < -0.3 is 39.9 Å². The Balaban J connectivity index is 2.54. The van der Waals surface area contributed by atoms with E-state index in [2.05, 4.69) is 68.5 Å². The van der Waals surface area contributed by atoms with Crippen LogP contribution in [0.5, 0.6) is 0 Å². The van der Waals surface area contributed by atoms with Crippen molar-refractivity contribution >= 4 is 19.8 Å². The molecule has 0 heterocycles. The molecule has 0 aromatic rings. The van der Waals surface area contributed by atoms with Crippen molar-refractivity contribution in [2.75, 3.05) is 13.2 Å². The van der Waals surface area contributed by atoms with Gasteiger partial charge in [-0.15, -0.1) is 0 Å². The zero-order valence-corrected chi connectivity index (χ0v) is 37.8. The van der Waals surface area contributed by atoms with Gasteiger partial charge in [-0.1, -0.05) is 151 Å². The molecule has 1 saturated carbocycles. The third-order valence-electron chi connectivity index (χ3n) is 10.0. The summed E-state index contributed by atoms with van der Waals surface area (Å²) in [5.41, 5.74) is 0. The molecule has 0 bridgehead atoms. The molecule has 6 N–H and O–H groups in total. The molecule has 1 fully saturated rings. The molecule has 0 aromatic heterocycles. The highest BCUT2D eigenvalue weighted by Gasteiger charge is 2.51. The minimum atomic E-state index is -5.14. The average molecular weight is 883 g/mol. The highest BCUT2D eigenvalue weighted by Crippen LogP contribution is 2.47.